The second-order valence-electron chi connectivity index (χ2n) is 6.65. The normalized spacial score (nSPS) is 13.7. The van der Waals surface area contributed by atoms with Gasteiger partial charge in [0.25, 0.3) is 0 Å². The van der Waals surface area contributed by atoms with Crippen LogP contribution in [0.3, 0.4) is 0 Å². The summed E-state index contributed by atoms with van der Waals surface area (Å²) in [5.41, 5.74) is 3.78. The Morgan fingerprint density at radius 3 is 2.96 bits per heavy atom. The summed E-state index contributed by atoms with van der Waals surface area (Å²) in [4.78, 5) is 32.1. The van der Waals surface area contributed by atoms with E-state index in [-0.39, 0.29) is 12.5 Å². The van der Waals surface area contributed by atoms with Gasteiger partial charge in [0.1, 0.15) is 12.9 Å². The van der Waals surface area contributed by atoms with Crippen LogP contribution in [0, 0.1) is 13.8 Å². The first-order chi connectivity index (χ1) is 12.5. The molecule has 1 amide bonds. The molecule has 3 heterocycles. The Hall–Kier alpha value is -2.67. The number of carbonyl (C=O) groups is 1. The summed E-state index contributed by atoms with van der Waals surface area (Å²) in [5.74, 6) is -0.0593. The van der Waals surface area contributed by atoms with E-state index in [2.05, 4.69) is 16.4 Å². The van der Waals surface area contributed by atoms with Crippen LogP contribution in [0.1, 0.15) is 21.6 Å². The number of hydrogen-bond acceptors (Lipinski definition) is 4. The van der Waals surface area contributed by atoms with Gasteiger partial charge in [0.15, 0.2) is 0 Å². The minimum atomic E-state index is -0.410. The van der Waals surface area contributed by atoms with E-state index in [1.807, 2.05) is 36.9 Å². The molecule has 26 heavy (non-hydrogen) atoms. The molecule has 134 valence electrons. The number of aryl methyl sites for hydroxylation is 2. The SMILES string of the molecule is Cc1ccc(C)c(-n2cnc(=O)n2CC(=O)N2CCc3sccc3C2)c1. The fraction of sp³-hybridized carbons (Fsp3) is 0.316. The van der Waals surface area contributed by atoms with Gasteiger partial charge in [-0.2, -0.15) is 4.98 Å². The molecule has 1 aromatic carbocycles. The molecule has 6 nitrogen and oxygen atoms in total. The number of amides is 1. The quantitative estimate of drug-likeness (QED) is 0.713. The average molecular weight is 368 g/mol. The molecule has 3 aromatic rings. The lowest BCUT2D eigenvalue weighted by atomic mass is 10.1. The molecule has 1 aliphatic rings. The first-order valence-corrected chi connectivity index (χ1v) is 9.46. The van der Waals surface area contributed by atoms with Crippen LogP contribution < -0.4 is 5.69 Å². The Morgan fingerprint density at radius 2 is 2.12 bits per heavy atom. The summed E-state index contributed by atoms with van der Waals surface area (Å²) in [6, 6.07) is 8.10. The number of carbonyl (C=O) groups excluding carboxylic acids is 1. The number of aromatic nitrogens is 3. The molecule has 0 saturated carbocycles. The third-order valence-electron chi connectivity index (χ3n) is 4.82. The number of nitrogens with zero attached hydrogens (tertiary/aromatic N) is 4. The maximum absolute atomic E-state index is 12.8. The van der Waals surface area contributed by atoms with Crippen molar-refractivity contribution in [3.05, 3.63) is 68.0 Å². The fourth-order valence-electron chi connectivity index (χ4n) is 3.32. The van der Waals surface area contributed by atoms with E-state index in [1.54, 1.807) is 16.0 Å². The smallest absolute Gasteiger partial charge is 0.336 e. The number of hydrogen-bond donors (Lipinski definition) is 0. The van der Waals surface area contributed by atoms with Gasteiger partial charge in [0, 0.05) is 18.0 Å². The maximum atomic E-state index is 12.8. The second kappa shape index (κ2) is 6.57. The molecule has 0 bridgehead atoms. The molecule has 4 rings (SSSR count). The van der Waals surface area contributed by atoms with Gasteiger partial charge >= 0.3 is 5.69 Å². The Labute approximate surface area is 155 Å². The predicted octanol–water partition coefficient (Wildman–Crippen LogP) is 2.30. The molecule has 7 heteroatoms. The molecular weight excluding hydrogens is 348 g/mol. The monoisotopic (exact) mass is 368 g/mol. The van der Waals surface area contributed by atoms with Crippen LogP contribution in [0.15, 0.2) is 40.8 Å². The highest BCUT2D eigenvalue weighted by Crippen LogP contribution is 2.24. The van der Waals surface area contributed by atoms with E-state index in [1.165, 1.54) is 21.4 Å². The summed E-state index contributed by atoms with van der Waals surface area (Å²) < 4.78 is 3.09. The van der Waals surface area contributed by atoms with Gasteiger partial charge in [-0.25, -0.2) is 14.2 Å². The largest absolute Gasteiger partial charge is 0.364 e. The topological polar surface area (TPSA) is 60.1 Å². The fourth-order valence-corrected chi connectivity index (χ4v) is 4.21. The van der Waals surface area contributed by atoms with Crippen molar-refractivity contribution in [2.45, 2.75) is 33.4 Å². The summed E-state index contributed by atoms with van der Waals surface area (Å²) in [6.07, 6.45) is 2.37. The number of rotatable bonds is 3. The van der Waals surface area contributed by atoms with Crippen molar-refractivity contribution in [1.29, 1.82) is 0 Å². The zero-order valence-electron chi connectivity index (χ0n) is 14.8. The van der Waals surface area contributed by atoms with Gasteiger partial charge < -0.3 is 4.90 Å². The Morgan fingerprint density at radius 1 is 1.27 bits per heavy atom. The van der Waals surface area contributed by atoms with Crippen molar-refractivity contribution in [3.63, 3.8) is 0 Å². The van der Waals surface area contributed by atoms with E-state index >= 15 is 0 Å². The lowest BCUT2D eigenvalue weighted by Gasteiger charge is -2.27. The van der Waals surface area contributed by atoms with Crippen molar-refractivity contribution in [2.75, 3.05) is 6.54 Å². The summed E-state index contributed by atoms with van der Waals surface area (Å²) in [7, 11) is 0. The summed E-state index contributed by atoms with van der Waals surface area (Å²) >= 11 is 1.74. The third kappa shape index (κ3) is 2.99. The zero-order chi connectivity index (χ0) is 18.3. The van der Waals surface area contributed by atoms with Gasteiger partial charge in [-0.3, -0.25) is 4.79 Å². The molecule has 2 aromatic heterocycles. The summed E-state index contributed by atoms with van der Waals surface area (Å²) in [5, 5.41) is 2.07. The molecule has 0 fully saturated rings. The maximum Gasteiger partial charge on any atom is 0.364 e. The minimum Gasteiger partial charge on any atom is -0.336 e. The predicted molar refractivity (Wildman–Crippen MR) is 101 cm³/mol. The van der Waals surface area contributed by atoms with Crippen molar-refractivity contribution >= 4 is 17.2 Å². The number of benzene rings is 1. The van der Waals surface area contributed by atoms with Crippen LogP contribution in [0.5, 0.6) is 0 Å². The Bertz CT molecular complexity index is 1030. The highest BCUT2D eigenvalue weighted by molar-refractivity contribution is 7.10. The standard InChI is InChI=1S/C19H20N4O2S/c1-13-3-4-14(2)16(9-13)23-12-20-19(25)22(23)11-18(24)21-7-5-17-15(10-21)6-8-26-17/h3-4,6,8-9,12H,5,7,10-11H2,1-2H3. The Balaban J connectivity index is 1.61. The third-order valence-corrected chi connectivity index (χ3v) is 5.84. The highest BCUT2D eigenvalue weighted by Gasteiger charge is 2.23. The van der Waals surface area contributed by atoms with Crippen molar-refractivity contribution in [1.82, 2.24) is 19.2 Å². The van der Waals surface area contributed by atoms with E-state index in [4.69, 9.17) is 0 Å². The van der Waals surface area contributed by atoms with E-state index in [0.29, 0.717) is 13.1 Å². The van der Waals surface area contributed by atoms with Gasteiger partial charge in [-0.1, -0.05) is 12.1 Å². The highest BCUT2D eigenvalue weighted by atomic mass is 32.1. The minimum absolute atomic E-state index is 0.00825. The van der Waals surface area contributed by atoms with Crippen molar-refractivity contribution in [2.24, 2.45) is 0 Å². The molecular formula is C19H20N4O2S. The van der Waals surface area contributed by atoms with Gasteiger partial charge in [0.05, 0.1) is 5.69 Å². The van der Waals surface area contributed by atoms with Crippen molar-refractivity contribution < 1.29 is 4.79 Å². The average Bonchev–Trinajstić information content (AvgIpc) is 3.23. The first-order valence-electron chi connectivity index (χ1n) is 8.58. The molecule has 1 aliphatic heterocycles. The van der Waals surface area contributed by atoms with E-state index in [9.17, 15) is 9.59 Å². The number of thiophene rings is 1. The van der Waals surface area contributed by atoms with Crippen LogP contribution in [0.25, 0.3) is 5.69 Å². The molecule has 0 aliphatic carbocycles. The van der Waals surface area contributed by atoms with Crippen LogP contribution in [-0.4, -0.2) is 31.7 Å². The van der Waals surface area contributed by atoms with Crippen LogP contribution in [0.4, 0.5) is 0 Å². The van der Waals surface area contributed by atoms with Gasteiger partial charge in [-0.15, -0.1) is 11.3 Å². The Kier molecular flexibility index (Phi) is 4.24. The molecule has 0 spiro atoms. The molecule has 0 unspecified atom stereocenters. The summed E-state index contributed by atoms with van der Waals surface area (Å²) in [6.45, 7) is 5.28. The van der Waals surface area contributed by atoms with Crippen LogP contribution >= 0.6 is 11.3 Å². The van der Waals surface area contributed by atoms with Crippen molar-refractivity contribution in [3.8, 4) is 5.69 Å². The molecule has 0 N–H and O–H groups in total. The first kappa shape index (κ1) is 16.8. The van der Waals surface area contributed by atoms with Gasteiger partial charge in [0.2, 0.25) is 5.91 Å². The molecule has 0 saturated heterocycles. The second-order valence-corrected chi connectivity index (χ2v) is 7.65. The van der Waals surface area contributed by atoms with E-state index in [0.717, 1.165) is 23.2 Å². The lowest BCUT2D eigenvalue weighted by Crippen LogP contribution is -2.40. The molecule has 0 radical (unpaired) electrons. The molecule has 0 atom stereocenters. The van der Waals surface area contributed by atoms with Crippen LogP contribution in [-0.2, 0) is 24.3 Å². The van der Waals surface area contributed by atoms with E-state index < -0.39 is 5.69 Å². The van der Waals surface area contributed by atoms with Gasteiger partial charge in [-0.05, 0) is 54.5 Å². The number of fused-ring (bicyclic) bond motifs is 1. The zero-order valence-corrected chi connectivity index (χ0v) is 15.6. The lowest BCUT2D eigenvalue weighted by molar-refractivity contribution is -0.133. The van der Waals surface area contributed by atoms with Crippen LogP contribution in [0.2, 0.25) is 0 Å².